The summed E-state index contributed by atoms with van der Waals surface area (Å²) in [5.74, 6) is 1.02. The first-order valence-corrected chi connectivity index (χ1v) is 7.83. The van der Waals surface area contributed by atoms with E-state index in [1.165, 1.54) is 24.3 Å². The summed E-state index contributed by atoms with van der Waals surface area (Å²) in [6, 6.07) is 11.1. The van der Waals surface area contributed by atoms with Crippen LogP contribution in [-0.4, -0.2) is 39.0 Å². The number of nitrogens with zero attached hydrogens (tertiary/aromatic N) is 3. The van der Waals surface area contributed by atoms with Crippen molar-refractivity contribution in [3.8, 4) is 17.2 Å². The van der Waals surface area contributed by atoms with Crippen molar-refractivity contribution in [2.75, 3.05) is 24.3 Å². The average Bonchev–Trinajstić information content (AvgIpc) is 3.02. The van der Waals surface area contributed by atoms with Crippen molar-refractivity contribution in [3.05, 3.63) is 48.0 Å². The maximum Gasteiger partial charge on any atom is 0.281 e. The predicted molar refractivity (Wildman–Crippen MR) is 93.0 cm³/mol. The number of nitrogens with two attached hydrogens (primary N) is 1. The molecular weight excluding hydrogens is 338 g/mol. The predicted octanol–water partition coefficient (Wildman–Crippen LogP) is 1.77. The van der Waals surface area contributed by atoms with Crippen LogP contribution in [0.15, 0.2) is 42.5 Å². The average molecular weight is 353 g/mol. The number of phenols is 1. The highest BCUT2D eigenvalue weighted by atomic mass is 16.6. The van der Waals surface area contributed by atoms with Crippen LogP contribution in [0.2, 0.25) is 0 Å². The third-order valence-electron chi connectivity index (χ3n) is 3.74. The third kappa shape index (κ3) is 2.97. The number of hydrogen-bond donors (Lipinski definition) is 3. The molecule has 0 fully saturated rings. The van der Waals surface area contributed by atoms with Crippen molar-refractivity contribution in [2.45, 2.75) is 0 Å². The monoisotopic (exact) mass is 353 g/mol. The lowest BCUT2D eigenvalue weighted by Crippen LogP contribution is -2.16. The Kier molecular flexibility index (Phi) is 3.81. The van der Waals surface area contributed by atoms with Crippen molar-refractivity contribution in [2.24, 2.45) is 0 Å². The zero-order valence-electron chi connectivity index (χ0n) is 13.5. The number of carbonyl (C=O) groups excluding carboxylic acids is 1. The van der Waals surface area contributed by atoms with Crippen LogP contribution >= 0.6 is 0 Å². The van der Waals surface area contributed by atoms with Gasteiger partial charge in [-0.25, -0.2) is 0 Å². The lowest BCUT2D eigenvalue weighted by molar-refractivity contribution is 0.0948. The van der Waals surface area contributed by atoms with Gasteiger partial charge in [-0.3, -0.25) is 4.79 Å². The molecule has 0 spiro atoms. The Hall–Kier alpha value is -3.75. The van der Waals surface area contributed by atoms with Gasteiger partial charge in [0.05, 0.1) is 0 Å². The molecule has 4 rings (SSSR count). The summed E-state index contributed by atoms with van der Waals surface area (Å²) >= 11 is 0. The summed E-state index contributed by atoms with van der Waals surface area (Å²) in [5.41, 5.74) is 6.80. The molecule has 9 heteroatoms. The fraction of sp³-hybridized carbons (Fsp3) is 0.118. The normalized spacial score (nSPS) is 12.6. The molecule has 0 unspecified atom stereocenters. The highest BCUT2D eigenvalue weighted by molar-refractivity contribution is 5.97. The minimum Gasteiger partial charge on any atom is -0.508 e. The molecule has 2 aromatic carbocycles. The van der Waals surface area contributed by atoms with E-state index in [0.717, 1.165) is 4.68 Å². The molecule has 1 aliphatic heterocycles. The van der Waals surface area contributed by atoms with Gasteiger partial charge in [0.2, 0.25) is 11.9 Å². The van der Waals surface area contributed by atoms with E-state index < -0.39 is 5.91 Å². The number of fused-ring (bicyclic) bond motifs is 1. The van der Waals surface area contributed by atoms with Crippen molar-refractivity contribution in [1.29, 1.82) is 0 Å². The Labute approximate surface area is 148 Å². The fourth-order valence-electron chi connectivity index (χ4n) is 2.50. The van der Waals surface area contributed by atoms with Crippen molar-refractivity contribution < 1.29 is 19.4 Å². The van der Waals surface area contributed by atoms with Crippen LogP contribution in [0, 0.1) is 0 Å². The van der Waals surface area contributed by atoms with Crippen LogP contribution in [0.25, 0.3) is 0 Å². The lowest BCUT2D eigenvalue weighted by Gasteiger charge is -2.18. The number of aromatic hydroxyl groups is 1. The first-order valence-electron chi connectivity index (χ1n) is 7.83. The van der Waals surface area contributed by atoms with Gasteiger partial charge in [0.15, 0.2) is 11.5 Å². The Bertz CT molecular complexity index is 968. The second-order valence-electron chi connectivity index (χ2n) is 5.54. The number of nitrogen functional groups attached to an aromatic ring is 1. The molecule has 0 saturated carbocycles. The van der Waals surface area contributed by atoms with Gasteiger partial charge in [0, 0.05) is 17.3 Å². The number of carbonyl (C=O) groups is 1. The van der Waals surface area contributed by atoms with Crippen molar-refractivity contribution >= 4 is 23.5 Å². The molecule has 0 atom stereocenters. The highest BCUT2D eigenvalue weighted by Gasteiger charge is 2.17. The molecule has 0 amide bonds. The molecule has 26 heavy (non-hydrogen) atoms. The zero-order valence-corrected chi connectivity index (χ0v) is 13.5. The van der Waals surface area contributed by atoms with E-state index in [9.17, 15) is 9.90 Å². The summed E-state index contributed by atoms with van der Waals surface area (Å²) in [7, 11) is 0. The zero-order chi connectivity index (χ0) is 18.1. The maximum atomic E-state index is 12.5. The van der Waals surface area contributed by atoms with Gasteiger partial charge in [-0.1, -0.05) is 0 Å². The maximum absolute atomic E-state index is 12.5. The number of hydrogen-bond acceptors (Lipinski definition) is 8. The van der Waals surface area contributed by atoms with Gasteiger partial charge >= 0.3 is 0 Å². The minimum absolute atomic E-state index is 0.0527. The summed E-state index contributed by atoms with van der Waals surface area (Å²) in [4.78, 5) is 16.5. The van der Waals surface area contributed by atoms with E-state index in [4.69, 9.17) is 15.2 Å². The second kappa shape index (κ2) is 6.28. The Balaban J connectivity index is 1.56. The fourth-order valence-corrected chi connectivity index (χ4v) is 2.50. The summed E-state index contributed by atoms with van der Waals surface area (Å²) < 4.78 is 12.0. The highest BCUT2D eigenvalue weighted by Crippen LogP contribution is 2.33. The van der Waals surface area contributed by atoms with Crippen LogP contribution in [-0.2, 0) is 0 Å². The number of rotatable bonds is 3. The first-order chi connectivity index (χ1) is 12.6. The largest absolute Gasteiger partial charge is 0.508 e. The molecular formula is C17H15N5O4. The topological polar surface area (TPSA) is 125 Å². The van der Waals surface area contributed by atoms with E-state index in [0.29, 0.717) is 36.0 Å². The number of phenolic OH excluding ortho intramolecular Hbond substituents is 1. The van der Waals surface area contributed by atoms with Crippen LogP contribution < -0.4 is 20.5 Å². The van der Waals surface area contributed by atoms with Gasteiger partial charge in [-0.15, -0.1) is 5.10 Å². The molecule has 9 nitrogen and oxygen atoms in total. The molecule has 2 heterocycles. The molecule has 0 aliphatic carbocycles. The third-order valence-corrected chi connectivity index (χ3v) is 3.74. The summed E-state index contributed by atoms with van der Waals surface area (Å²) in [6.07, 6.45) is 0. The second-order valence-corrected chi connectivity index (χ2v) is 5.54. The Morgan fingerprint density at radius 1 is 1.12 bits per heavy atom. The lowest BCUT2D eigenvalue weighted by atomic mass is 10.2. The van der Waals surface area contributed by atoms with E-state index in [2.05, 4.69) is 15.4 Å². The molecule has 1 aromatic heterocycles. The van der Waals surface area contributed by atoms with Crippen LogP contribution in [0.1, 0.15) is 10.4 Å². The van der Waals surface area contributed by atoms with Crippen molar-refractivity contribution in [1.82, 2.24) is 14.8 Å². The number of aromatic nitrogens is 3. The standard InChI is InChI=1S/C17H15N5O4/c18-16-20-17(19-11-3-6-13-14(9-11)26-8-7-25-13)21-22(16)15(24)10-1-4-12(23)5-2-10/h1-6,9,23H,7-8H2,(H3,18,19,20,21). The number of anilines is 3. The van der Waals surface area contributed by atoms with Crippen LogP contribution in [0.5, 0.6) is 17.2 Å². The summed E-state index contributed by atoms with van der Waals surface area (Å²) in [6.45, 7) is 0.999. The Morgan fingerprint density at radius 2 is 1.85 bits per heavy atom. The molecule has 132 valence electrons. The van der Waals surface area contributed by atoms with Gasteiger partial charge in [-0.05, 0) is 36.4 Å². The molecule has 4 N–H and O–H groups in total. The number of ether oxygens (including phenoxy) is 2. The SMILES string of the molecule is Nc1nc(Nc2ccc3c(c2)OCCO3)nn1C(=O)c1ccc(O)cc1. The van der Waals surface area contributed by atoms with E-state index in [-0.39, 0.29) is 17.6 Å². The molecule has 0 bridgehead atoms. The van der Waals surface area contributed by atoms with Gasteiger partial charge in [-0.2, -0.15) is 9.67 Å². The Morgan fingerprint density at radius 3 is 2.62 bits per heavy atom. The molecule has 1 aliphatic rings. The van der Waals surface area contributed by atoms with E-state index >= 15 is 0 Å². The number of nitrogens with one attached hydrogen (secondary N) is 1. The quantitative estimate of drug-likeness (QED) is 0.651. The smallest absolute Gasteiger partial charge is 0.281 e. The van der Waals surface area contributed by atoms with Gasteiger partial charge < -0.3 is 25.6 Å². The molecule has 0 radical (unpaired) electrons. The molecule has 3 aromatic rings. The minimum atomic E-state index is -0.453. The van der Waals surface area contributed by atoms with Gasteiger partial charge in [0.25, 0.3) is 5.91 Å². The number of benzene rings is 2. The summed E-state index contributed by atoms with van der Waals surface area (Å²) in [5, 5.41) is 16.4. The first kappa shape index (κ1) is 15.8. The van der Waals surface area contributed by atoms with Gasteiger partial charge in [0.1, 0.15) is 19.0 Å². The van der Waals surface area contributed by atoms with Crippen molar-refractivity contribution in [3.63, 3.8) is 0 Å². The van der Waals surface area contributed by atoms with Crippen LogP contribution in [0.4, 0.5) is 17.6 Å². The van der Waals surface area contributed by atoms with E-state index in [1.807, 2.05) is 0 Å². The van der Waals surface area contributed by atoms with E-state index in [1.54, 1.807) is 18.2 Å². The van der Waals surface area contributed by atoms with Crippen LogP contribution in [0.3, 0.4) is 0 Å². The molecule has 0 saturated heterocycles.